The van der Waals surface area contributed by atoms with E-state index < -0.39 is 5.97 Å². The van der Waals surface area contributed by atoms with E-state index in [-0.39, 0.29) is 29.4 Å². The smallest absolute Gasteiger partial charge is 0.338 e. The van der Waals surface area contributed by atoms with Crippen LogP contribution < -0.4 is 10.4 Å². The average Bonchev–Trinajstić information content (AvgIpc) is 3.17. The second kappa shape index (κ2) is 6.58. The Morgan fingerprint density at radius 1 is 1.15 bits per heavy atom. The largest absolute Gasteiger partial charge is 0.545 e. The fourth-order valence-electron chi connectivity index (χ4n) is 4.30. The molecule has 2 aliphatic rings. The summed E-state index contributed by atoms with van der Waals surface area (Å²) in [5.74, 6) is -1.15. The SMILES string of the molecule is COC(=O)c1ccc(C)c2c1[C@H]1C=CC[C@H]1[C@H](c1ccc(C(=O)[O-])cc1)N2. The maximum absolute atomic E-state index is 12.3. The minimum atomic E-state index is -1.18. The van der Waals surface area contributed by atoms with Gasteiger partial charge < -0.3 is 20.0 Å². The molecule has 27 heavy (non-hydrogen) atoms. The van der Waals surface area contributed by atoms with Crippen LogP contribution in [0.25, 0.3) is 0 Å². The lowest BCUT2D eigenvalue weighted by atomic mass is 9.74. The maximum Gasteiger partial charge on any atom is 0.338 e. The zero-order chi connectivity index (χ0) is 19.1. The zero-order valence-electron chi connectivity index (χ0n) is 15.2. The zero-order valence-corrected chi connectivity index (χ0v) is 15.2. The van der Waals surface area contributed by atoms with Crippen molar-refractivity contribution in [3.8, 4) is 0 Å². The van der Waals surface area contributed by atoms with Crippen LogP contribution in [-0.4, -0.2) is 19.0 Å². The third-order valence-electron chi connectivity index (χ3n) is 5.64. The Labute approximate surface area is 157 Å². The van der Waals surface area contributed by atoms with Gasteiger partial charge in [-0.3, -0.25) is 0 Å². The Balaban J connectivity index is 1.80. The van der Waals surface area contributed by atoms with Crippen molar-refractivity contribution in [1.29, 1.82) is 0 Å². The van der Waals surface area contributed by atoms with Crippen LogP contribution in [0.3, 0.4) is 0 Å². The molecule has 0 fully saturated rings. The van der Waals surface area contributed by atoms with Crippen molar-refractivity contribution in [2.45, 2.75) is 25.3 Å². The standard InChI is InChI=1S/C22H21NO4/c1-12-6-11-17(22(26)27-2)18-15-4-3-5-16(15)20(23-19(12)18)13-7-9-14(10-8-13)21(24)25/h3-4,6-11,15-16,20,23H,5H2,1-2H3,(H,24,25)/p-1/t15-,16+,20-/m0/s1. The van der Waals surface area contributed by atoms with Crippen LogP contribution in [0.15, 0.2) is 48.6 Å². The van der Waals surface area contributed by atoms with Gasteiger partial charge in [0.1, 0.15) is 0 Å². The summed E-state index contributed by atoms with van der Waals surface area (Å²) in [5, 5.41) is 14.6. The highest BCUT2D eigenvalue weighted by molar-refractivity contribution is 5.94. The number of carbonyl (C=O) groups excluding carboxylic acids is 2. The van der Waals surface area contributed by atoms with E-state index in [0.29, 0.717) is 5.56 Å². The number of carboxylic acid groups (broad SMARTS) is 1. The van der Waals surface area contributed by atoms with Crippen LogP contribution in [0.5, 0.6) is 0 Å². The number of aryl methyl sites for hydroxylation is 1. The number of nitrogens with one attached hydrogen (secondary N) is 1. The van der Waals surface area contributed by atoms with E-state index in [4.69, 9.17) is 4.74 Å². The molecular weight excluding hydrogens is 342 g/mol. The number of rotatable bonds is 3. The van der Waals surface area contributed by atoms with E-state index in [1.54, 1.807) is 12.1 Å². The van der Waals surface area contributed by atoms with Gasteiger partial charge in [-0.05, 0) is 47.6 Å². The highest BCUT2D eigenvalue weighted by Crippen LogP contribution is 2.51. The molecule has 0 spiro atoms. The van der Waals surface area contributed by atoms with Crippen molar-refractivity contribution in [2.75, 3.05) is 12.4 Å². The molecule has 1 N–H and O–H groups in total. The number of carboxylic acids is 1. The Bertz CT molecular complexity index is 946. The molecule has 3 atom stereocenters. The molecule has 2 aromatic carbocycles. The normalized spacial score (nSPS) is 22.5. The number of hydrogen-bond donors (Lipinski definition) is 1. The van der Waals surface area contributed by atoms with Gasteiger partial charge in [-0.25, -0.2) is 4.79 Å². The number of esters is 1. The number of anilines is 1. The number of allylic oxidation sites excluding steroid dienone is 2. The predicted molar refractivity (Wildman–Crippen MR) is 99.6 cm³/mol. The van der Waals surface area contributed by atoms with E-state index in [1.165, 1.54) is 7.11 Å². The number of ether oxygens (including phenoxy) is 1. The van der Waals surface area contributed by atoms with Crippen molar-refractivity contribution < 1.29 is 19.4 Å². The molecule has 1 aliphatic heterocycles. The van der Waals surface area contributed by atoms with Crippen molar-refractivity contribution in [1.82, 2.24) is 0 Å². The van der Waals surface area contributed by atoms with E-state index in [9.17, 15) is 14.7 Å². The third kappa shape index (κ3) is 2.79. The fraction of sp³-hybridized carbons (Fsp3) is 0.273. The lowest BCUT2D eigenvalue weighted by Crippen LogP contribution is -2.31. The number of benzene rings is 2. The monoisotopic (exact) mass is 362 g/mol. The number of hydrogen-bond acceptors (Lipinski definition) is 5. The van der Waals surface area contributed by atoms with Crippen molar-refractivity contribution >= 4 is 17.6 Å². The summed E-state index contributed by atoms with van der Waals surface area (Å²) in [4.78, 5) is 23.3. The molecule has 1 aliphatic carbocycles. The first-order chi connectivity index (χ1) is 13.0. The Kier molecular flexibility index (Phi) is 4.22. The Morgan fingerprint density at radius 3 is 2.56 bits per heavy atom. The number of fused-ring (bicyclic) bond motifs is 3. The first-order valence-electron chi connectivity index (χ1n) is 8.97. The molecule has 0 bridgehead atoms. The minimum absolute atomic E-state index is 0.0277. The topological polar surface area (TPSA) is 78.5 Å². The Morgan fingerprint density at radius 2 is 1.89 bits per heavy atom. The summed E-state index contributed by atoms with van der Waals surface area (Å²) in [5.41, 5.74) is 4.79. The van der Waals surface area contributed by atoms with Crippen LogP contribution in [-0.2, 0) is 4.74 Å². The van der Waals surface area contributed by atoms with Gasteiger partial charge in [0.15, 0.2) is 0 Å². The molecule has 138 valence electrons. The summed E-state index contributed by atoms with van der Waals surface area (Å²) < 4.78 is 4.99. The molecule has 5 nitrogen and oxygen atoms in total. The minimum Gasteiger partial charge on any atom is -0.545 e. The van der Waals surface area contributed by atoms with Gasteiger partial charge in [0, 0.05) is 11.6 Å². The van der Waals surface area contributed by atoms with E-state index in [1.807, 2.05) is 31.2 Å². The first-order valence-corrected chi connectivity index (χ1v) is 8.97. The van der Waals surface area contributed by atoms with Gasteiger partial charge in [-0.2, -0.15) is 0 Å². The molecule has 0 saturated heterocycles. The van der Waals surface area contributed by atoms with Crippen molar-refractivity contribution in [3.05, 3.63) is 76.4 Å². The van der Waals surface area contributed by atoms with Crippen molar-refractivity contribution in [2.24, 2.45) is 5.92 Å². The quantitative estimate of drug-likeness (QED) is 0.671. The van der Waals surface area contributed by atoms with Crippen LogP contribution in [0, 0.1) is 12.8 Å². The third-order valence-corrected chi connectivity index (χ3v) is 5.64. The molecule has 0 aromatic heterocycles. The second-order valence-electron chi connectivity index (χ2n) is 7.10. The van der Waals surface area contributed by atoms with Gasteiger partial charge in [0.25, 0.3) is 0 Å². The average molecular weight is 362 g/mol. The second-order valence-corrected chi connectivity index (χ2v) is 7.10. The summed E-state index contributed by atoms with van der Waals surface area (Å²) in [7, 11) is 1.40. The van der Waals surface area contributed by atoms with E-state index in [2.05, 4.69) is 17.5 Å². The summed E-state index contributed by atoms with van der Waals surface area (Å²) in [6.07, 6.45) is 5.20. The van der Waals surface area contributed by atoms with Gasteiger partial charge in [-0.1, -0.05) is 42.5 Å². The van der Waals surface area contributed by atoms with Gasteiger partial charge in [-0.15, -0.1) is 0 Å². The molecule has 2 aromatic rings. The van der Waals surface area contributed by atoms with E-state index >= 15 is 0 Å². The van der Waals surface area contributed by atoms with Crippen molar-refractivity contribution in [3.63, 3.8) is 0 Å². The molecule has 0 unspecified atom stereocenters. The van der Waals surface area contributed by atoms with Crippen LogP contribution in [0.4, 0.5) is 5.69 Å². The number of aromatic carboxylic acids is 1. The molecule has 0 radical (unpaired) electrons. The van der Waals surface area contributed by atoms with Gasteiger partial charge >= 0.3 is 5.97 Å². The molecule has 0 saturated carbocycles. The molecule has 1 heterocycles. The first kappa shape index (κ1) is 17.3. The predicted octanol–water partition coefficient (Wildman–Crippen LogP) is 2.97. The lowest BCUT2D eigenvalue weighted by molar-refractivity contribution is -0.255. The number of methoxy groups -OCH3 is 1. The molecule has 5 heteroatoms. The fourth-order valence-corrected chi connectivity index (χ4v) is 4.30. The number of carbonyl (C=O) groups is 2. The van der Waals surface area contributed by atoms with E-state index in [0.717, 1.165) is 28.8 Å². The van der Waals surface area contributed by atoms with Crippen LogP contribution in [0.2, 0.25) is 0 Å². The van der Waals surface area contributed by atoms with Gasteiger partial charge in [0.05, 0.1) is 24.7 Å². The molecule has 4 rings (SSSR count). The summed E-state index contributed by atoms with van der Waals surface area (Å²) in [6.45, 7) is 2.02. The summed E-state index contributed by atoms with van der Waals surface area (Å²) in [6, 6.07) is 10.6. The highest BCUT2D eigenvalue weighted by Gasteiger charge is 2.40. The molecule has 0 amide bonds. The lowest BCUT2D eigenvalue weighted by Gasteiger charge is -2.39. The van der Waals surface area contributed by atoms with Gasteiger partial charge in [0.2, 0.25) is 0 Å². The summed E-state index contributed by atoms with van der Waals surface area (Å²) >= 11 is 0. The maximum atomic E-state index is 12.3. The van der Waals surface area contributed by atoms with Crippen LogP contribution >= 0.6 is 0 Å². The van der Waals surface area contributed by atoms with Crippen LogP contribution in [0.1, 0.15) is 55.8 Å². The Hall–Kier alpha value is -3.08. The molecular formula is C22H20NO4-. The highest BCUT2D eigenvalue weighted by atomic mass is 16.5.